The Labute approximate surface area is 71.8 Å². The second-order valence-electron chi connectivity index (χ2n) is 3.31. The van der Waals surface area contributed by atoms with E-state index in [1.54, 1.807) is 0 Å². The van der Waals surface area contributed by atoms with Crippen molar-refractivity contribution in [3.8, 4) is 0 Å². The summed E-state index contributed by atoms with van der Waals surface area (Å²) in [5.41, 5.74) is 0. The molecule has 12 heavy (non-hydrogen) atoms. The molecule has 1 rings (SSSR count). The first kappa shape index (κ1) is 9.23. The Morgan fingerprint density at radius 2 is 1.92 bits per heavy atom. The van der Waals surface area contributed by atoms with Crippen molar-refractivity contribution < 1.29 is 14.7 Å². The smallest absolute Gasteiger partial charge is 0.314 e. The van der Waals surface area contributed by atoms with Crippen LogP contribution in [0.1, 0.15) is 38.5 Å². The number of ketones is 1. The summed E-state index contributed by atoms with van der Waals surface area (Å²) < 4.78 is 0. The number of aliphatic carboxylic acids is 1. The topological polar surface area (TPSA) is 54.4 Å². The van der Waals surface area contributed by atoms with Crippen LogP contribution >= 0.6 is 0 Å². The highest BCUT2D eigenvalue weighted by atomic mass is 16.4. The van der Waals surface area contributed by atoms with Crippen molar-refractivity contribution >= 4 is 11.8 Å². The van der Waals surface area contributed by atoms with Crippen molar-refractivity contribution in [2.75, 3.05) is 0 Å². The maximum Gasteiger partial charge on any atom is 0.314 e. The number of carboxylic acid groups (broad SMARTS) is 1. The minimum absolute atomic E-state index is 0.0813. The van der Waals surface area contributed by atoms with E-state index in [0.29, 0.717) is 12.8 Å². The molecule has 0 amide bonds. The summed E-state index contributed by atoms with van der Waals surface area (Å²) in [6.07, 6.45) is 4.87. The van der Waals surface area contributed by atoms with Gasteiger partial charge < -0.3 is 5.11 Å². The molecule has 68 valence electrons. The molecule has 0 bridgehead atoms. The third-order valence-corrected chi connectivity index (χ3v) is 2.35. The minimum atomic E-state index is -0.943. The molecule has 0 spiro atoms. The van der Waals surface area contributed by atoms with Crippen molar-refractivity contribution in [1.82, 2.24) is 0 Å². The first-order chi connectivity index (χ1) is 5.72. The number of rotatable bonds is 1. The Hall–Kier alpha value is -0.860. The van der Waals surface area contributed by atoms with Gasteiger partial charge in [0.2, 0.25) is 0 Å². The maximum atomic E-state index is 11.2. The zero-order chi connectivity index (χ0) is 8.97. The number of hydrogen-bond acceptors (Lipinski definition) is 2. The number of carbonyl (C=O) groups is 2. The van der Waals surface area contributed by atoms with Crippen LogP contribution in [-0.4, -0.2) is 16.9 Å². The monoisotopic (exact) mass is 170 g/mol. The van der Waals surface area contributed by atoms with Crippen LogP contribution < -0.4 is 0 Å². The average Bonchev–Trinajstić information content (AvgIpc) is 1.96. The van der Waals surface area contributed by atoms with Crippen molar-refractivity contribution in [2.24, 2.45) is 5.92 Å². The van der Waals surface area contributed by atoms with Gasteiger partial charge in [0, 0.05) is 6.42 Å². The van der Waals surface area contributed by atoms with E-state index in [9.17, 15) is 9.59 Å². The van der Waals surface area contributed by atoms with Gasteiger partial charge in [0.05, 0.1) is 0 Å². The van der Waals surface area contributed by atoms with E-state index in [4.69, 9.17) is 5.11 Å². The minimum Gasteiger partial charge on any atom is -0.481 e. The SMILES string of the molecule is O=C(O)C1CCCCCCC1=O. The van der Waals surface area contributed by atoms with Crippen molar-refractivity contribution in [3.63, 3.8) is 0 Å². The van der Waals surface area contributed by atoms with Gasteiger partial charge in [0.15, 0.2) is 0 Å². The Kier molecular flexibility index (Phi) is 3.26. The van der Waals surface area contributed by atoms with Gasteiger partial charge in [-0.05, 0) is 12.8 Å². The standard InChI is InChI=1S/C9H14O3/c10-8-6-4-2-1-3-5-7(8)9(11)12/h7H,1-6H2,(H,11,12). The Morgan fingerprint density at radius 1 is 1.25 bits per heavy atom. The summed E-state index contributed by atoms with van der Waals surface area (Å²) in [5, 5.41) is 8.70. The number of carbonyl (C=O) groups excluding carboxylic acids is 1. The Morgan fingerprint density at radius 3 is 2.58 bits per heavy atom. The molecule has 0 saturated heterocycles. The Balaban J connectivity index is 2.55. The zero-order valence-electron chi connectivity index (χ0n) is 7.08. The van der Waals surface area contributed by atoms with E-state index < -0.39 is 11.9 Å². The van der Waals surface area contributed by atoms with E-state index >= 15 is 0 Å². The largest absolute Gasteiger partial charge is 0.481 e. The lowest BCUT2D eigenvalue weighted by Gasteiger charge is -2.13. The van der Waals surface area contributed by atoms with E-state index in [-0.39, 0.29) is 5.78 Å². The summed E-state index contributed by atoms with van der Waals surface area (Å²) in [6, 6.07) is 0. The molecule has 0 radical (unpaired) electrons. The van der Waals surface area contributed by atoms with Gasteiger partial charge in [-0.1, -0.05) is 19.3 Å². The highest BCUT2D eigenvalue weighted by molar-refractivity contribution is 5.98. The van der Waals surface area contributed by atoms with E-state index in [0.717, 1.165) is 25.7 Å². The molecule has 1 aliphatic rings. The fourth-order valence-corrected chi connectivity index (χ4v) is 1.60. The second-order valence-corrected chi connectivity index (χ2v) is 3.31. The number of hydrogen-bond donors (Lipinski definition) is 1. The molecule has 1 aliphatic carbocycles. The van der Waals surface area contributed by atoms with E-state index in [2.05, 4.69) is 0 Å². The molecule has 3 heteroatoms. The lowest BCUT2D eigenvalue weighted by Crippen LogP contribution is -2.24. The van der Waals surface area contributed by atoms with Crippen LogP contribution in [0.4, 0.5) is 0 Å². The first-order valence-electron chi connectivity index (χ1n) is 4.47. The number of Topliss-reactive ketones (excluding diaryl/α,β-unsaturated/α-hetero) is 1. The summed E-state index contributed by atoms with van der Waals surface area (Å²) in [5.74, 6) is -1.74. The van der Waals surface area contributed by atoms with Crippen molar-refractivity contribution in [1.29, 1.82) is 0 Å². The summed E-state index contributed by atoms with van der Waals surface area (Å²) in [4.78, 5) is 21.8. The molecule has 0 aromatic heterocycles. The van der Waals surface area contributed by atoms with Gasteiger partial charge >= 0.3 is 5.97 Å². The Bertz CT molecular complexity index is 186. The zero-order valence-corrected chi connectivity index (χ0v) is 7.08. The predicted octanol–water partition coefficient (Wildman–Crippen LogP) is 1.61. The van der Waals surface area contributed by atoms with Gasteiger partial charge in [-0.3, -0.25) is 9.59 Å². The summed E-state index contributed by atoms with van der Waals surface area (Å²) in [6.45, 7) is 0. The molecule has 1 atom stereocenters. The molecular weight excluding hydrogens is 156 g/mol. The van der Waals surface area contributed by atoms with E-state index in [1.165, 1.54) is 0 Å². The molecule has 0 aliphatic heterocycles. The molecule has 1 N–H and O–H groups in total. The van der Waals surface area contributed by atoms with Crippen LogP contribution in [-0.2, 0) is 9.59 Å². The molecule has 1 unspecified atom stereocenters. The van der Waals surface area contributed by atoms with Crippen LogP contribution in [0, 0.1) is 5.92 Å². The van der Waals surface area contributed by atoms with Crippen molar-refractivity contribution in [3.05, 3.63) is 0 Å². The van der Waals surface area contributed by atoms with Crippen LogP contribution in [0.15, 0.2) is 0 Å². The second kappa shape index (κ2) is 4.24. The average molecular weight is 170 g/mol. The fraction of sp³-hybridized carbons (Fsp3) is 0.778. The van der Waals surface area contributed by atoms with Gasteiger partial charge in [-0.25, -0.2) is 0 Å². The van der Waals surface area contributed by atoms with Gasteiger partial charge in [-0.15, -0.1) is 0 Å². The number of carboxylic acids is 1. The first-order valence-corrected chi connectivity index (χ1v) is 4.47. The van der Waals surface area contributed by atoms with Gasteiger partial charge in [0.1, 0.15) is 11.7 Å². The third kappa shape index (κ3) is 2.32. The molecule has 3 nitrogen and oxygen atoms in total. The normalized spacial score (nSPS) is 26.0. The lowest BCUT2D eigenvalue weighted by molar-refractivity contribution is -0.146. The van der Waals surface area contributed by atoms with Gasteiger partial charge in [-0.2, -0.15) is 0 Å². The highest BCUT2D eigenvalue weighted by Gasteiger charge is 2.25. The lowest BCUT2D eigenvalue weighted by atomic mass is 9.90. The van der Waals surface area contributed by atoms with Crippen LogP contribution in [0.5, 0.6) is 0 Å². The summed E-state index contributed by atoms with van der Waals surface area (Å²) >= 11 is 0. The maximum absolute atomic E-state index is 11.2. The molecule has 1 fully saturated rings. The van der Waals surface area contributed by atoms with Crippen LogP contribution in [0.3, 0.4) is 0 Å². The quantitative estimate of drug-likeness (QED) is 0.608. The molecule has 0 aromatic rings. The third-order valence-electron chi connectivity index (χ3n) is 2.35. The van der Waals surface area contributed by atoms with Crippen LogP contribution in [0.25, 0.3) is 0 Å². The summed E-state index contributed by atoms with van der Waals surface area (Å²) in [7, 11) is 0. The fourth-order valence-electron chi connectivity index (χ4n) is 1.60. The molecular formula is C9H14O3. The molecule has 0 heterocycles. The van der Waals surface area contributed by atoms with Crippen molar-refractivity contribution in [2.45, 2.75) is 38.5 Å². The highest BCUT2D eigenvalue weighted by Crippen LogP contribution is 2.19. The molecule has 0 aromatic carbocycles. The predicted molar refractivity (Wildman–Crippen MR) is 43.8 cm³/mol. The van der Waals surface area contributed by atoms with Gasteiger partial charge in [0.25, 0.3) is 0 Å². The van der Waals surface area contributed by atoms with Crippen LogP contribution in [0.2, 0.25) is 0 Å². The molecule has 1 saturated carbocycles. The van der Waals surface area contributed by atoms with E-state index in [1.807, 2.05) is 0 Å².